The van der Waals surface area contributed by atoms with Gasteiger partial charge in [-0.1, -0.05) is 53.7 Å². The van der Waals surface area contributed by atoms with Crippen molar-refractivity contribution in [2.75, 3.05) is 39.3 Å². The zero-order chi connectivity index (χ0) is 22.5. The van der Waals surface area contributed by atoms with Crippen molar-refractivity contribution in [1.82, 2.24) is 14.7 Å². The van der Waals surface area contributed by atoms with E-state index in [1.54, 1.807) is 12.1 Å². The summed E-state index contributed by atoms with van der Waals surface area (Å²) in [5.41, 5.74) is 0.490. The summed E-state index contributed by atoms with van der Waals surface area (Å²) in [5.74, 6) is 0.0443. The maximum Gasteiger partial charge on any atom is 0.228 e. The fourth-order valence-corrected chi connectivity index (χ4v) is 3.58. The van der Waals surface area contributed by atoms with Gasteiger partial charge in [0.25, 0.3) is 0 Å². The third-order valence-corrected chi connectivity index (χ3v) is 5.31. The van der Waals surface area contributed by atoms with E-state index in [9.17, 15) is 14.0 Å². The monoisotopic (exact) mass is 419 g/mol. The van der Waals surface area contributed by atoms with E-state index in [0.717, 1.165) is 38.3 Å². The van der Waals surface area contributed by atoms with E-state index < -0.39 is 0 Å². The van der Waals surface area contributed by atoms with Crippen molar-refractivity contribution in [2.45, 2.75) is 54.5 Å². The predicted molar refractivity (Wildman–Crippen MR) is 118 cm³/mol. The molecule has 1 heterocycles. The Morgan fingerprint density at radius 2 is 1.53 bits per heavy atom. The number of nitrogens with zero attached hydrogens (tertiary/aromatic N) is 3. The largest absolute Gasteiger partial charge is 0.340 e. The van der Waals surface area contributed by atoms with E-state index >= 15 is 0 Å². The molecule has 1 aromatic carbocycles. The van der Waals surface area contributed by atoms with Gasteiger partial charge in [0.15, 0.2) is 0 Å². The zero-order valence-electron chi connectivity index (χ0n) is 19.5. The van der Waals surface area contributed by atoms with E-state index in [-0.39, 0.29) is 28.5 Å². The van der Waals surface area contributed by atoms with Gasteiger partial charge in [0.1, 0.15) is 5.82 Å². The Labute approximate surface area is 181 Å². The highest BCUT2D eigenvalue weighted by Crippen LogP contribution is 2.21. The Morgan fingerprint density at radius 3 is 2.03 bits per heavy atom. The quantitative estimate of drug-likeness (QED) is 0.705. The molecule has 0 spiro atoms. The van der Waals surface area contributed by atoms with E-state index in [1.807, 2.05) is 30.6 Å². The van der Waals surface area contributed by atoms with Gasteiger partial charge in [-0.05, 0) is 23.1 Å². The molecular formula is C24H38FN3O2. The lowest BCUT2D eigenvalue weighted by atomic mass is 9.91. The van der Waals surface area contributed by atoms with E-state index in [2.05, 4.69) is 25.7 Å². The van der Waals surface area contributed by atoms with Crippen molar-refractivity contribution in [2.24, 2.45) is 10.8 Å². The molecule has 1 aromatic rings. The van der Waals surface area contributed by atoms with Crippen molar-refractivity contribution in [3.8, 4) is 0 Å². The minimum atomic E-state index is -0.354. The molecule has 0 atom stereocenters. The molecule has 30 heavy (non-hydrogen) atoms. The van der Waals surface area contributed by atoms with Crippen LogP contribution in [-0.4, -0.2) is 65.8 Å². The van der Waals surface area contributed by atoms with Gasteiger partial charge in [0, 0.05) is 57.6 Å². The SMILES string of the molecule is CC(C)(C)CC(=O)N(CCN1CCN(C(=O)C(C)(C)C)CC1)Cc1ccc(F)cc1. The van der Waals surface area contributed by atoms with Gasteiger partial charge in [0.05, 0.1) is 0 Å². The molecule has 0 unspecified atom stereocenters. The van der Waals surface area contributed by atoms with Gasteiger partial charge in [-0.3, -0.25) is 14.5 Å². The number of amides is 2. The predicted octanol–water partition coefficient (Wildman–Crippen LogP) is 3.78. The van der Waals surface area contributed by atoms with Crippen molar-refractivity contribution < 1.29 is 14.0 Å². The Hall–Kier alpha value is -1.95. The lowest BCUT2D eigenvalue weighted by Gasteiger charge is -2.38. The molecule has 1 aliphatic rings. The molecule has 0 radical (unpaired) electrons. The highest BCUT2D eigenvalue weighted by Gasteiger charge is 2.30. The Balaban J connectivity index is 1.95. The molecule has 168 valence electrons. The van der Waals surface area contributed by atoms with Gasteiger partial charge in [-0.25, -0.2) is 4.39 Å². The summed E-state index contributed by atoms with van der Waals surface area (Å²) in [7, 11) is 0. The van der Waals surface area contributed by atoms with Crippen LogP contribution in [0.1, 0.15) is 53.5 Å². The first-order chi connectivity index (χ1) is 13.8. The van der Waals surface area contributed by atoms with Gasteiger partial charge < -0.3 is 9.80 Å². The second-order valence-electron chi connectivity index (χ2n) is 10.6. The molecule has 1 aliphatic heterocycles. The summed E-state index contributed by atoms with van der Waals surface area (Å²) in [6.07, 6.45) is 0.474. The van der Waals surface area contributed by atoms with Crippen molar-refractivity contribution >= 4 is 11.8 Å². The van der Waals surface area contributed by atoms with Crippen LogP contribution in [0.3, 0.4) is 0 Å². The number of carbonyl (C=O) groups is 2. The second kappa shape index (κ2) is 9.90. The third-order valence-electron chi connectivity index (χ3n) is 5.31. The Kier molecular flexibility index (Phi) is 8.03. The molecule has 0 aromatic heterocycles. The number of halogens is 1. The average molecular weight is 420 g/mol. The Bertz CT molecular complexity index is 711. The van der Waals surface area contributed by atoms with Gasteiger partial charge >= 0.3 is 0 Å². The number of carbonyl (C=O) groups excluding carboxylic acids is 2. The molecule has 1 fully saturated rings. The third kappa shape index (κ3) is 7.71. The lowest BCUT2D eigenvalue weighted by molar-refractivity contribution is -0.141. The summed E-state index contributed by atoms with van der Waals surface area (Å²) in [6.45, 7) is 17.0. The fourth-order valence-electron chi connectivity index (χ4n) is 3.58. The number of benzene rings is 1. The normalized spacial score (nSPS) is 15.9. The van der Waals surface area contributed by atoms with Crippen LogP contribution in [0.15, 0.2) is 24.3 Å². The van der Waals surface area contributed by atoms with Crippen LogP contribution in [0.4, 0.5) is 4.39 Å². The van der Waals surface area contributed by atoms with Crippen LogP contribution in [0, 0.1) is 16.6 Å². The smallest absolute Gasteiger partial charge is 0.228 e. The molecule has 5 nitrogen and oxygen atoms in total. The first-order valence-corrected chi connectivity index (χ1v) is 10.9. The summed E-state index contributed by atoms with van der Waals surface area (Å²) in [6, 6.07) is 6.35. The maximum absolute atomic E-state index is 13.2. The Morgan fingerprint density at radius 1 is 0.967 bits per heavy atom. The van der Waals surface area contributed by atoms with Crippen LogP contribution in [0.25, 0.3) is 0 Å². The van der Waals surface area contributed by atoms with Crippen LogP contribution in [-0.2, 0) is 16.1 Å². The standard InChI is InChI=1S/C24H38FN3O2/c1-23(2,3)17-21(29)28(18-19-7-9-20(25)10-8-19)16-13-26-11-14-27(15-12-26)22(30)24(4,5)6/h7-10H,11-18H2,1-6H3. The van der Waals surface area contributed by atoms with Gasteiger partial charge in [-0.15, -0.1) is 0 Å². The fraction of sp³-hybridized carbons (Fsp3) is 0.667. The molecule has 0 aliphatic carbocycles. The number of piperazine rings is 1. The highest BCUT2D eigenvalue weighted by atomic mass is 19.1. The van der Waals surface area contributed by atoms with Crippen LogP contribution in [0.2, 0.25) is 0 Å². The second-order valence-corrected chi connectivity index (χ2v) is 10.6. The number of hydrogen-bond donors (Lipinski definition) is 0. The maximum atomic E-state index is 13.2. The summed E-state index contributed by atoms with van der Waals surface area (Å²) in [5, 5.41) is 0. The molecule has 0 bridgehead atoms. The molecule has 2 rings (SSSR count). The number of hydrogen-bond acceptors (Lipinski definition) is 3. The molecular weight excluding hydrogens is 381 g/mol. The van der Waals surface area contributed by atoms with Gasteiger partial charge in [0.2, 0.25) is 11.8 Å². The lowest BCUT2D eigenvalue weighted by Crippen LogP contribution is -2.52. The summed E-state index contributed by atoms with van der Waals surface area (Å²) < 4.78 is 13.2. The first-order valence-electron chi connectivity index (χ1n) is 10.9. The number of rotatable bonds is 6. The molecule has 2 amide bonds. The van der Waals surface area contributed by atoms with Crippen LogP contribution < -0.4 is 0 Å². The van der Waals surface area contributed by atoms with E-state index in [0.29, 0.717) is 19.5 Å². The van der Waals surface area contributed by atoms with Crippen LogP contribution >= 0.6 is 0 Å². The molecule has 1 saturated heterocycles. The van der Waals surface area contributed by atoms with E-state index in [1.165, 1.54) is 12.1 Å². The first kappa shape index (κ1) is 24.3. The van der Waals surface area contributed by atoms with Crippen LogP contribution in [0.5, 0.6) is 0 Å². The molecule has 0 saturated carbocycles. The average Bonchev–Trinajstić information content (AvgIpc) is 2.64. The summed E-state index contributed by atoms with van der Waals surface area (Å²) >= 11 is 0. The van der Waals surface area contributed by atoms with Crippen molar-refractivity contribution in [3.05, 3.63) is 35.6 Å². The molecule has 6 heteroatoms. The summed E-state index contributed by atoms with van der Waals surface area (Å²) in [4.78, 5) is 31.5. The minimum absolute atomic E-state index is 0.0862. The minimum Gasteiger partial charge on any atom is -0.340 e. The zero-order valence-corrected chi connectivity index (χ0v) is 19.5. The van der Waals surface area contributed by atoms with Crippen molar-refractivity contribution in [3.63, 3.8) is 0 Å². The topological polar surface area (TPSA) is 43.9 Å². The molecule has 0 N–H and O–H groups in total. The van der Waals surface area contributed by atoms with Gasteiger partial charge in [-0.2, -0.15) is 0 Å². The van der Waals surface area contributed by atoms with E-state index in [4.69, 9.17) is 0 Å². The highest BCUT2D eigenvalue weighted by molar-refractivity contribution is 5.81. The van der Waals surface area contributed by atoms with Crippen molar-refractivity contribution in [1.29, 1.82) is 0 Å².